The van der Waals surface area contributed by atoms with Gasteiger partial charge in [-0.2, -0.15) is 0 Å². The molecule has 0 amide bonds. The zero-order valence-corrected chi connectivity index (χ0v) is 15.5. The van der Waals surface area contributed by atoms with Gasteiger partial charge in [-0.15, -0.1) is 0 Å². The number of hydrogen-bond donors (Lipinski definition) is 3. The third kappa shape index (κ3) is 4.22. The van der Waals surface area contributed by atoms with Crippen LogP contribution in [0.5, 0.6) is 0 Å². The van der Waals surface area contributed by atoms with Crippen LogP contribution in [0.15, 0.2) is 11.8 Å². The van der Waals surface area contributed by atoms with Crippen molar-refractivity contribution < 1.29 is 0 Å². The molecule has 4 heteroatoms. The van der Waals surface area contributed by atoms with Crippen molar-refractivity contribution in [2.24, 2.45) is 5.73 Å². The van der Waals surface area contributed by atoms with E-state index in [2.05, 4.69) is 35.1 Å². The van der Waals surface area contributed by atoms with E-state index >= 15 is 0 Å². The molecule has 1 atom stereocenters. The van der Waals surface area contributed by atoms with Gasteiger partial charge in [-0.1, -0.05) is 19.3 Å². The molecule has 1 fully saturated rings. The lowest BCUT2D eigenvalue weighted by Gasteiger charge is -2.26. The summed E-state index contributed by atoms with van der Waals surface area (Å²) in [6.07, 6.45) is 10.6. The number of aromatic nitrogens is 1. The number of nitrogens with zero attached hydrogens (tertiary/aromatic N) is 1. The number of aromatic amines is 1. The van der Waals surface area contributed by atoms with Crippen LogP contribution >= 0.6 is 0 Å². The summed E-state index contributed by atoms with van der Waals surface area (Å²) >= 11 is 0. The summed E-state index contributed by atoms with van der Waals surface area (Å²) in [5.74, 6) is 0. The molecule has 2 aliphatic rings. The minimum Gasteiger partial charge on any atom is -0.369 e. The van der Waals surface area contributed by atoms with Gasteiger partial charge in [-0.3, -0.25) is 0 Å². The fraction of sp³-hybridized carbons (Fsp3) is 0.700. The Kier molecular flexibility index (Phi) is 6.01. The molecule has 1 aromatic heterocycles. The standard InChI is InChI=1S/C20H34N4/c1-15-14-18-19(22-15)17(16(2)23-20(18)21)10-6-3-4-7-11-24-12-8-5-9-13-24/h14,20,22-23H,3-13,21H2,1-2H3. The molecule has 24 heavy (non-hydrogen) atoms. The second-order valence-corrected chi connectivity index (χ2v) is 7.57. The fourth-order valence-corrected chi connectivity index (χ4v) is 4.18. The number of nitrogens with one attached hydrogen (secondary N) is 2. The zero-order chi connectivity index (χ0) is 16.9. The summed E-state index contributed by atoms with van der Waals surface area (Å²) in [4.78, 5) is 6.17. The van der Waals surface area contributed by atoms with Crippen LogP contribution in [0.2, 0.25) is 0 Å². The first-order valence-corrected chi connectivity index (χ1v) is 9.79. The van der Waals surface area contributed by atoms with E-state index < -0.39 is 0 Å². The zero-order valence-electron chi connectivity index (χ0n) is 15.5. The molecule has 4 N–H and O–H groups in total. The molecule has 1 saturated heterocycles. The first-order chi connectivity index (χ1) is 11.6. The molecule has 3 heterocycles. The maximum atomic E-state index is 6.21. The van der Waals surface area contributed by atoms with Crippen molar-refractivity contribution in [1.29, 1.82) is 0 Å². The van der Waals surface area contributed by atoms with Crippen molar-refractivity contribution >= 4 is 5.57 Å². The number of fused-ring (bicyclic) bond motifs is 1. The highest BCUT2D eigenvalue weighted by atomic mass is 15.1. The van der Waals surface area contributed by atoms with E-state index in [4.69, 9.17) is 5.73 Å². The number of piperidine rings is 1. The average molecular weight is 331 g/mol. The minimum absolute atomic E-state index is 0.0711. The molecular weight excluding hydrogens is 296 g/mol. The van der Waals surface area contributed by atoms with Crippen molar-refractivity contribution in [3.63, 3.8) is 0 Å². The van der Waals surface area contributed by atoms with Gasteiger partial charge in [-0.05, 0) is 77.2 Å². The third-order valence-electron chi connectivity index (χ3n) is 5.54. The Bertz CT molecular complexity index is 566. The SMILES string of the molecule is CC1=C(CCCCCCN2CCCCC2)c2[nH]c(C)cc2C(N)N1. The van der Waals surface area contributed by atoms with E-state index in [1.165, 1.54) is 92.8 Å². The number of aryl methyl sites for hydroxylation is 1. The summed E-state index contributed by atoms with van der Waals surface area (Å²) < 4.78 is 0. The van der Waals surface area contributed by atoms with E-state index in [1.807, 2.05) is 0 Å². The van der Waals surface area contributed by atoms with Gasteiger partial charge < -0.3 is 20.9 Å². The molecule has 134 valence electrons. The van der Waals surface area contributed by atoms with Crippen LogP contribution < -0.4 is 11.1 Å². The second kappa shape index (κ2) is 8.21. The highest BCUT2D eigenvalue weighted by Crippen LogP contribution is 2.33. The molecule has 0 aliphatic carbocycles. The highest BCUT2D eigenvalue weighted by Gasteiger charge is 2.23. The lowest BCUT2D eigenvalue weighted by atomic mass is 9.95. The summed E-state index contributed by atoms with van der Waals surface area (Å²) in [5, 5.41) is 3.42. The van der Waals surface area contributed by atoms with Crippen LogP contribution in [0.25, 0.3) is 5.57 Å². The summed E-state index contributed by atoms with van der Waals surface area (Å²) in [6.45, 7) is 8.22. The molecule has 3 rings (SSSR count). The molecule has 2 aliphatic heterocycles. The van der Waals surface area contributed by atoms with Crippen molar-refractivity contribution in [1.82, 2.24) is 15.2 Å². The van der Waals surface area contributed by atoms with Gasteiger partial charge in [-0.25, -0.2) is 0 Å². The van der Waals surface area contributed by atoms with E-state index in [0.717, 1.165) is 6.42 Å². The number of nitrogens with two attached hydrogens (primary N) is 1. The van der Waals surface area contributed by atoms with E-state index in [-0.39, 0.29) is 6.17 Å². The molecule has 1 aromatic rings. The molecule has 0 spiro atoms. The number of H-pyrrole nitrogens is 1. The van der Waals surface area contributed by atoms with Crippen LogP contribution in [-0.4, -0.2) is 29.5 Å². The Hall–Kier alpha value is -1.26. The Balaban J connectivity index is 1.42. The number of hydrogen-bond acceptors (Lipinski definition) is 3. The Labute approximate surface area is 146 Å². The quantitative estimate of drug-likeness (QED) is 0.661. The number of allylic oxidation sites excluding steroid dienone is 2. The van der Waals surface area contributed by atoms with Gasteiger partial charge in [0.2, 0.25) is 0 Å². The van der Waals surface area contributed by atoms with Crippen molar-refractivity contribution in [2.75, 3.05) is 19.6 Å². The summed E-state index contributed by atoms with van der Waals surface area (Å²) in [5.41, 5.74) is 12.6. The maximum Gasteiger partial charge on any atom is 0.102 e. The number of unbranched alkanes of at least 4 members (excludes halogenated alkanes) is 3. The molecule has 4 nitrogen and oxygen atoms in total. The Morgan fingerprint density at radius 1 is 1.08 bits per heavy atom. The lowest BCUT2D eigenvalue weighted by molar-refractivity contribution is 0.224. The molecule has 1 unspecified atom stereocenters. The molecule has 0 bridgehead atoms. The normalized spacial score (nSPS) is 21.7. The number of rotatable bonds is 7. The van der Waals surface area contributed by atoms with Crippen LogP contribution in [-0.2, 0) is 0 Å². The minimum atomic E-state index is -0.0711. The van der Waals surface area contributed by atoms with Gasteiger partial charge in [0.05, 0.1) is 0 Å². The van der Waals surface area contributed by atoms with Gasteiger partial charge in [0.25, 0.3) is 0 Å². The summed E-state index contributed by atoms with van der Waals surface area (Å²) in [6, 6.07) is 2.18. The Morgan fingerprint density at radius 2 is 1.83 bits per heavy atom. The number of likely N-dealkylation sites (tertiary alicyclic amines) is 1. The molecule has 0 radical (unpaired) electrons. The van der Waals surface area contributed by atoms with Crippen LogP contribution in [0.1, 0.15) is 81.4 Å². The smallest absolute Gasteiger partial charge is 0.102 e. The van der Waals surface area contributed by atoms with Crippen LogP contribution in [0.4, 0.5) is 0 Å². The van der Waals surface area contributed by atoms with Gasteiger partial charge in [0, 0.05) is 22.6 Å². The predicted molar refractivity (Wildman–Crippen MR) is 102 cm³/mol. The summed E-state index contributed by atoms with van der Waals surface area (Å²) in [7, 11) is 0. The van der Waals surface area contributed by atoms with Crippen LogP contribution in [0, 0.1) is 6.92 Å². The monoisotopic (exact) mass is 330 g/mol. The van der Waals surface area contributed by atoms with Crippen LogP contribution in [0.3, 0.4) is 0 Å². The first kappa shape index (κ1) is 17.6. The van der Waals surface area contributed by atoms with Crippen molar-refractivity contribution in [2.45, 2.75) is 71.4 Å². The molecule has 0 aromatic carbocycles. The predicted octanol–water partition coefficient (Wildman–Crippen LogP) is 4.05. The second-order valence-electron chi connectivity index (χ2n) is 7.57. The molecular formula is C20H34N4. The van der Waals surface area contributed by atoms with Gasteiger partial charge in [0.1, 0.15) is 6.17 Å². The van der Waals surface area contributed by atoms with Gasteiger partial charge >= 0.3 is 0 Å². The Morgan fingerprint density at radius 3 is 2.62 bits per heavy atom. The van der Waals surface area contributed by atoms with Gasteiger partial charge in [0.15, 0.2) is 0 Å². The molecule has 0 saturated carbocycles. The first-order valence-electron chi connectivity index (χ1n) is 9.79. The van der Waals surface area contributed by atoms with E-state index in [0.29, 0.717) is 0 Å². The topological polar surface area (TPSA) is 57.1 Å². The van der Waals surface area contributed by atoms with E-state index in [1.54, 1.807) is 0 Å². The maximum absolute atomic E-state index is 6.21. The van der Waals surface area contributed by atoms with Crippen molar-refractivity contribution in [3.8, 4) is 0 Å². The lowest BCUT2D eigenvalue weighted by Crippen LogP contribution is -2.31. The fourth-order valence-electron chi connectivity index (χ4n) is 4.18. The highest BCUT2D eigenvalue weighted by molar-refractivity contribution is 5.71. The third-order valence-corrected chi connectivity index (χ3v) is 5.54. The van der Waals surface area contributed by atoms with E-state index in [9.17, 15) is 0 Å². The largest absolute Gasteiger partial charge is 0.369 e. The average Bonchev–Trinajstić information content (AvgIpc) is 2.96. The van der Waals surface area contributed by atoms with Crippen molar-refractivity contribution in [3.05, 3.63) is 28.7 Å².